The molecule has 1 atom stereocenters. The zero-order valence-electron chi connectivity index (χ0n) is 10.4. The summed E-state index contributed by atoms with van der Waals surface area (Å²) >= 11 is 0. The molecular formula is C12H15NO5S. The van der Waals surface area contributed by atoms with Crippen LogP contribution in [0.25, 0.3) is 0 Å². The zero-order valence-corrected chi connectivity index (χ0v) is 11.2. The molecular weight excluding hydrogens is 270 g/mol. The topological polar surface area (TPSA) is 92.7 Å². The summed E-state index contributed by atoms with van der Waals surface area (Å²) in [7, 11) is -3.58. The quantitative estimate of drug-likeness (QED) is 0.861. The summed E-state index contributed by atoms with van der Waals surface area (Å²) in [4.78, 5) is 10.6. The molecule has 1 heterocycles. The summed E-state index contributed by atoms with van der Waals surface area (Å²) in [6.45, 7) is 2.51. The van der Waals surface area contributed by atoms with Crippen LogP contribution in [0.15, 0.2) is 23.1 Å². The fourth-order valence-electron chi connectivity index (χ4n) is 1.80. The molecule has 0 aromatic heterocycles. The van der Waals surface area contributed by atoms with Crippen molar-refractivity contribution in [2.45, 2.75) is 24.3 Å². The van der Waals surface area contributed by atoms with Gasteiger partial charge in [-0.15, -0.1) is 0 Å². The number of anilines is 1. The minimum Gasteiger partial charge on any atom is -0.487 e. The van der Waals surface area contributed by atoms with Gasteiger partial charge in [-0.25, -0.2) is 8.42 Å². The third-order valence-electron chi connectivity index (χ3n) is 2.80. The highest BCUT2D eigenvalue weighted by molar-refractivity contribution is 7.91. The largest absolute Gasteiger partial charge is 0.487 e. The van der Waals surface area contributed by atoms with Crippen LogP contribution in [0.5, 0.6) is 5.75 Å². The second-order valence-corrected chi connectivity index (χ2v) is 6.54. The smallest absolute Gasteiger partial charge is 0.304 e. The van der Waals surface area contributed by atoms with Gasteiger partial charge in [0.05, 0.1) is 29.3 Å². The van der Waals surface area contributed by atoms with E-state index < -0.39 is 28.0 Å². The lowest BCUT2D eigenvalue weighted by Gasteiger charge is -2.25. The van der Waals surface area contributed by atoms with Crippen molar-refractivity contribution in [3.05, 3.63) is 18.2 Å². The van der Waals surface area contributed by atoms with Crippen LogP contribution in [0.3, 0.4) is 0 Å². The van der Waals surface area contributed by atoms with E-state index in [9.17, 15) is 13.2 Å². The fraction of sp³-hybridized carbons (Fsp3) is 0.417. The molecule has 0 fully saturated rings. The lowest BCUT2D eigenvalue weighted by atomic mass is 10.2. The van der Waals surface area contributed by atoms with E-state index >= 15 is 0 Å². The monoisotopic (exact) mass is 285 g/mol. The third-order valence-corrected chi connectivity index (χ3v) is 4.52. The van der Waals surface area contributed by atoms with Gasteiger partial charge < -0.3 is 15.2 Å². The summed E-state index contributed by atoms with van der Waals surface area (Å²) in [5.41, 5.74) is 0.620. The van der Waals surface area contributed by atoms with Crippen LogP contribution in [-0.4, -0.2) is 37.9 Å². The van der Waals surface area contributed by atoms with E-state index in [4.69, 9.17) is 9.84 Å². The van der Waals surface area contributed by atoms with Gasteiger partial charge in [0.25, 0.3) is 0 Å². The fourth-order valence-corrected chi connectivity index (χ4v) is 3.05. The number of rotatable bonds is 4. The molecule has 0 saturated carbocycles. The van der Waals surface area contributed by atoms with E-state index in [0.717, 1.165) is 0 Å². The molecule has 0 bridgehead atoms. The predicted octanol–water partition coefficient (Wildman–Crippen LogP) is 1.13. The number of sulfone groups is 1. The summed E-state index contributed by atoms with van der Waals surface area (Å²) in [5, 5.41) is 11.6. The van der Waals surface area contributed by atoms with Gasteiger partial charge >= 0.3 is 5.97 Å². The van der Waals surface area contributed by atoms with E-state index in [0.29, 0.717) is 18.0 Å². The number of ether oxygens (including phenoxy) is 1. The molecule has 2 rings (SSSR count). The zero-order chi connectivity index (χ0) is 14.0. The molecule has 0 aliphatic carbocycles. The van der Waals surface area contributed by atoms with Gasteiger partial charge in [-0.1, -0.05) is 0 Å². The van der Waals surface area contributed by atoms with Gasteiger partial charge in [-0.3, -0.25) is 4.79 Å². The van der Waals surface area contributed by atoms with Crippen LogP contribution in [0.2, 0.25) is 0 Å². The standard InChI is InChI=1S/C12H15NO5S/c1-8-7-13-10-6-9(2-3-11(10)18-8)19(16,17)5-4-12(14)15/h2-3,6,8,13H,4-5,7H2,1H3,(H,14,15). The Morgan fingerprint density at radius 1 is 1.53 bits per heavy atom. The number of carboxylic acids is 1. The van der Waals surface area contributed by atoms with Crippen molar-refractivity contribution in [2.24, 2.45) is 0 Å². The van der Waals surface area contributed by atoms with E-state index in [1.165, 1.54) is 12.1 Å². The SMILES string of the molecule is CC1CNc2cc(S(=O)(=O)CCC(=O)O)ccc2O1. The number of aliphatic carboxylic acids is 1. The summed E-state index contributed by atoms with van der Waals surface area (Å²) in [6.07, 6.45) is -0.373. The Kier molecular flexibility index (Phi) is 3.66. The van der Waals surface area contributed by atoms with Gasteiger partial charge in [0.2, 0.25) is 0 Å². The van der Waals surface area contributed by atoms with E-state index in [1.54, 1.807) is 6.07 Å². The van der Waals surface area contributed by atoms with Crippen LogP contribution >= 0.6 is 0 Å². The first-order valence-corrected chi connectivity index (χ1v) is 7.53. The summed E-state index contributed by atoms with van der Waals surface area (Å²) < 4.78 is 29.5. The molecule has 0 amide bonds. The Balaban J connectivity index is 2.24. The van der Waals surface area contributed by atoms with Gasteiger partial charge in [-0.2, -0.15) is 0 Å². The third kappa shape index (κ3) is 3.17. The Labute approximate surface area is 111 Å². The molecule has 1 aliphatic heterocycles. The molecule has 104 valence electrons. The van der Waals surface area contributed by atoms with Crippen LogP contribution in [0.1, 0.15) is 13.3 Å². The van der Waals surface area contributed by atoms with E-state index in [-0.39, 0.29) is 11.0 Å². The molecule has 1 aromatic rings. The number of nitrogens with one attached hydrogen (secondary N) is 1. The minimum absolute atomic E-state index is 0.0296. The summed E-state index contributed by atoms with van der Waals surface area (Å²) in [5.74, 6) is -0.925. The first-order chi connectivity index (χ1) is 8.88. The Hall–Kier alpha value is -1.76. The highest BCUT2D eigenvalue weighted by Crippen LogP contribution is 2.31. The van der Waals surface area contributed by atoms with Gasteiger partial charge in [0.1, 0.15) is 11.9 Å². The Bertz CT molecular complexity index is 596. The van der Waals surface area contributed by atoms with Crippen molar-refractivity contribution in [3.63, 3.8) is 0 Å². The molecule has 1 aliphatic rings. The molecule has 2 N–H and O–H groups in total. The molecule has 19 heavy (non-hydrogen) atoms. The second kappa shape index (κ2) is 5.08. The van der Waals surface area contributed by atoms with E-state index in [1.807, 2.05) is 6.92 Å². The number of fused-ring (bicyclic) bond motifs is 1. The molecule has 0 spiro atoms. The lowest BCUT2D eigenvalue weighted by Crippen LogP contribution is -2.27. The van der Waals surface area contributed by atoms with Gasteiger partial charge in [0, 0.05) is 0 Å². The van der Waals surface area contributed by atoms with Crippen LogP contribution < -0.4 is 10.1 Å². The molecule has 1 aromatic carbocycles. The van der Waals surface area contributed by atoms with Crippen LogP contribution in [-0.2, 0) is 14.6 Å². The number of hydrogen-bond acceptors (Lipinski definition) is 5. The van der Waals surface area contributed by atoms with Crippen molar-refractivity contribution >= 4 is 21.5 Å². The molecule has 7 heteroatoms. The lowest BCUT2D eigenvalue weighted by molar-refractivity contribution is -0.136. The molecule has 0 radical (unpaired) electrons. The van der Waals surface area contributed by atoms with Crippen LogP contribution in [0, 0.1) is 0 Å². The Morgan fingerprint density at radius 3 is 2.95 bits per heavy atom. The average Bonchev–Trinajstić information content (AvgIpc) is 2.36. The summed E-state index contributed by atoms with van der Waals surface area (Å²) in [6, 6.07) is 4.51. The molecule has 1 unspecified atom stereocenters. The second-order valence-electron chi connectivity index (χ2n) is 4.43. The Morgan fingerprint density at radius 2 is 2.26 bits per heavy atom. The van der Waals surface area contributed by atoms with Crippen molar-refractivity contribution in [1.82, 2.24) is 0 Å². The maximum atomic E-state index is 12.0. The van der Waals surface area contributed by atoms with Crippen molar-refractivity contribution in [1.29, 1.82) is 0 Å². The van der Waals surface area contributed by atoms with Gasteiger partial charge in [-0.05, 0) is 25.1 Å². The number of hydrogen-bond donors (Lipinski definition) is 2. The maximum Gasteiger partial charge on any atom is 0.304 e. The molecule has 6 nitrogen and oxygen atoms in total. The highest BCUT2D eigenvalue weighted by atomic mass is 32.2. The number of carbonyl (C=O) groups is 1. The predicted molar refractivity (Wildman–Crippen MR) is 69.3 cm³/mol. The normalized spacial score (nSPS) is 18.1. The van der Waals surface area contributed by atoms with Crippen molar-refractivity contribution in [2.75, 3.05) is 17.6 Å². The molecule has 0 saturated heterocycles. The van der Waals surface area contributed by atoms with Crippen molar-refractivity contribution in [3.8, 4) is 5.75 Å². The number of carboxylic acid groups (broad SMARTS) is 1. The van der Waals surface area contributed by atoms with Crippen molar-refractivity contribution < 1.29 is 23.1 Å². The van der Waals surface area contributed by atoms with Gasteiger partial charge in [0.15, 0.2) is 9.84 Å². The average molecular weight is 285 g/mol. The van der Waals surface area contributed by atoms with Crippen LogP contribution in [0.4, 0.5) is 5.69 Å². The number of benzene rings is 1. The maximum absolute atomic E-state index is 12.0. The van der Waals surface area contributed by atoms with E-state index in [2.05, 4.69) is 5.32 Å². The first-order valence-electron chi connectivity index (χ1n) is 5.87. The first kappa shape index (κ1) is 13.7. The highest BCUT2D eigenvalue weighted by Gasteiger charge is 2.21. The minimum atomic E-state index is -3.58.